The van der Waals surface area contributed by atoms with E-state index in [4.69, 9.17) is 16.3 Å². The van der Waals surface area contributed by atoms with Crippen LogP contribution in [-0.4, -0.2) is 29.6 Å². The first-order chi connectivity index (χ1) is 11.5. The van der Waals surface area contributed by atoms with Crippen molar-refractivity contribution in [2.45, 2.75) is 6.61 Å². The van der Waals surface area contributed by atoms with Gasteiger partial charge in [-0.25, -0.2) is 14.1 Å². The minimum atomic E-state index is -0.691. The number of amides is 2. The number of halogens is 2. The molecular weight excluding hydrogens is 337 g/mol. The van der Waals surface area contributed by atoms with Crippen LogP contribution in [0.5, 0.6) is 5.75 Å². The highest BCUT2D eigenvalue weighted by Crippen LogP contribution is 2.30. The van der Waals surface area contributed by atoms with E-state index < -0.39 is 11.8 Å². The number of anilines is 1. The van der Waals surface area contributed by atoms with Gasteiger partial charge in [0.05, 0.1) is 17.6 Å². The summed E-state index contributed by atoms with van der Waals surface area (Å²) in [6.07, 6.45) is 0. The first-order valence-corrected chi connectivity index (χ1v) is 7.50. The molecule has 2 aromatic rings. The van der Waals surface area contributed by atoms with Crippen LogP contribution in [-0.2, 0) is 6.61 Å². The molecule has 0 spiro atoms. The fraction of sp³-hybridized carbons (Fsp3) is 0.188. The molecule has 8 heteroatoms. The summed E-state index contributed by atoms with van der Waals surface area (Å²) in [6.45, 7) is -0.119. The molecule has 0 aromatic heterocycles. The van der Waals surface area contributed by atoms with Crippen molar-refractivity contribution in [2.24, 2.45) is 0 Å². The Morgan fingerprint density at radius 2 is 1.96 bits per heavy atom. The Morgan fingerprint density at radius 1 is 1.25 bits per heavy atom. The van der Waals surface area contributed by atoms with Crippen LogP contribution in [0, 0.1) is 10.7 Å². The van der Waals surface area contributed by atoms with Crippen LogP contribution >= 0.6 is 11.6 Å². The highest BCUT2D eigenvalue weighted by atomic mass is 35.5. The van der Waals surface area contributed by atoms with Gasteiger partial charge in [-0.3, -0.25) is 0 Å². The van der Waals surface area contributed by atoms with Gasteiger partial charge in [0.25, 0.3) is 0 Å². The maximum absolute atomic E-state index is 14.6. The zero-order chi connectivity index (χ0) is 17.3. The second-order valence-electron chi connectivity index (χ2n) is 5.23. The monoisotopic (exact) mass is 350 g/mol. The van der Waals surface area contributed by atoms with Gasteiger partial charge in [0.2, 0.25) is 0 Å². The van der Waals surface area contributed by atoms with Gasteiger partial charge in [0.1, 0.15) is 11.5 Å². The topological polar surface area (TPSA) is 52.9 Å². The van der Waals surface area contributed by atoms with Crippen LogP contribution in [0.2, 0.25) is 5.02 Å². The van der Waals surface area contributed by atoms with Gasteiger partial charge in [-0.05, 0) is 29.8 Å². The molecule has 0 atom stereocenters. The molecular formula is C16H14ClFN3O3+. The third-order valence-electron chi connectivity index (χ3n) is 3.65. The first-order valence-electron chi connectivity index (χ1n) is 7.13. The second kappa shape index (κ2) is 6.45. The highest BCUT2D eigenvalue weighted by molar-refractivity contribution is 6.30. The summed E-state index contributed by atoms with van der Waals surface area (Å²) < 4.78 is 20.1. The Labute approximate surface area is 142 Å². The van der Waals surface area contributed by atoms with E-state index in [0.717, 1.165) is 15.5 Å². The van der Waals surface area contributed by atoms with E-state index >= 15 is 0 Å². The minimum absolute atomic E-state index is 0.00111. The summed E-state index contributed by atoms with van der Waals surface area (Å²) in [6, 6.07) is 10.8. The van der Waals surface area contributed by atoms with Gasteiger partial charge in [-0.15, -0.1) is 0 Å². The van der Waals surface area contributed by atoms with E-state index in [9.17, 15) is 14.1 Å². The van der Waals surface area contributed by atoms with Gasteiger partial charge >= 0.3 is 12.7 Å². The molecule has 0 radical (unpaired) electrons. The predicted octanol–water partition coefficient (Wildman–Crippen LogP) is 3.58. The molecule has 124 valence electrons. The summed E-state index contributed by atoms with van der Waals surface area (Å²) in [7, 11) is 1.33. The largest absolute Gasteiger partial charge is 0.486 e. The minimum Gasteiger partial charge on any atom is -0.486 e. The lowest BCUT2D eigenvalue weighted by molar-refractivity contribution is -0.665. The smallest absolute Gasteiger partial charge is 0.386 e. The molecule has 0 bridgehead atoms. The van der Waals surface area contributed by atoms with Crippen molar-refractivity contribution < 1.29 is 18.8 Å². The summed E-state index contributed by atoms with van der Waals surface area (Å²) in [4.78, 5) is 25.0. The van der Waals surface area contributed by atoms with Crippen molar-refractivity contribution in [1.82, 2.24) is 5.01 Å². The fourth-order valence-corrected chi connectivity index (χ4v) is 2.41. The average Bonchev–Trinajstić information content (AvgIpc) is 2.83. The Hall–Kier alpha value is -2.67. The number of carbonyl (C=O) groups is 1. The SMILES string of the molecule is CN1C(=O)N(c2cccc(OCc3ccc(Cl)cc3)c2F)C[N+]1=O. The number of hydrazine groups is 1. The van der Waals surface area contributed by atoms with Crippen molar-refractivity contribution in [2.75, 3.05) is 18.6 Å². The molecule has 1 saturated heterocycles. The maximum atomic E-state index is 14.6. The molecule has 1 aliphatic heterocycles. The van der Waals surface area contributed by atoms with E-state index in [-0.39, 0.29) is 24.7 Å². The van der Waals surface area contributed by atoms with Gasteiger partial charge in [-0.1, -0.05) is 34.8 Å². The number of hydrogen-bond donors (Lipinski definition) is 0. The number of urea groups is 1. The lowest BCUT2D eigenvalue weighted by atomic mass is 10.2. The van der Waals surface area contributed by atoms with E-state index in [1.54, 1.807) is 30.3 Å². The number of nitrogens with zero attached hydrogens (tertiary/aromatic N) is 3. The predicted molar refractivity (Wildman–Crippen MR) is 86.3 cm³/mol. The van der Waals surface area contributed by atoms with E-state index in [2.05, 4.69) is 0 Å². The standard InChI is InChI=1S/C16H14ClFN3O3/c1-19-16(22)20(10-21(19)23)13-3-2-4-14(15(13)18)24-9-11-5-7-12(17)8-6-11/h2-8H,9-10H2,1H3/q+1. The van der Waals surface area contributed by atoms with Crippen LogP contribution in [0.25, 0.3) is 0 Å². The molecule has 1 fully saturated rings. The van der Waals surface area contributed by atoms with E-state index in [1.807, 2.05) is 0 Å². The lowest BCUT2D eigenvalue weighted by Gasteiger charge is -2.14. The van der Waals surface area contributed by atoms with Crippen molar-refractivity contribution in [1.29, 1.82) is 0 Å². The fourth-order valence-electron chi connectivity index (χ4n) is 2.29. The van der Waals surface area contributed by atoms with Crippen LogP contribution in [0.4, 0.5) is 14.9 Å². The number of nitroso groups, excluding NO2 is 1. The van der Waals surface area contributed by atoms with Crippen LogP contribution in [0.15, 0.2) is 42.5 Å². The summed E-state index contributed by atoms with van der Waals surface area (Å²) in [5.41, 5.74) is 0.825. The summed E-state index contributed by atoms with van der Waals surface area (Å²) in [5, 5.41) is 1.48. The first kappa shape index (κ1) is 16.2. The second-order valence-corrected chi connectivity index (χ2v) is 5.67. The van der Waals surface area contributed by atoms with Crippen molar-refractivity contribution in [3.05, 3.63) is 63.8 Å². The normalized spacial score (nSPS) is 14.5. The van der Waals surface area contributed by atoms with Crippen molar-refractivity contribution in [3.63, 3.8) is 0 Å². The quantitative estimate of drug-likeness (QED) is 0.792. The molecule has 0 N–H and O–H groups in total. The summed E-state index contributed by atoms with van der Waals surface area (Å²) in [5.74, 6) is -0.689. The number of benzene rings is 2. The number of ether oxygens (including phenoxy) is 1. The van der Waals surface area contributed by atoms with Crippen LogP contribution < -0.4 is 9.64 Å². The molecule has 1 aliphatic rings. The molecule has 2 aromatic carbocycles. The zero-order valence-electron chi connectivity index (χ0n) is 12.8. The number of hydrogen-bond acceptors (Lipinski definition) is 3. The van der Waals surface area contributed by atoms with Gasteiger partial charge in [-0.2, -0.15) is 0 Å². The third kappa shape index (κ3) is 3.03. The molecule has 0 aliphatic carbocycles. The molecule has 0 unspecified atom stereocenters. The van der Waals surface area contributed by atoms with Gasteiger partial charge in [0, 0.05) is 5.02 Å². The molecule has 2 amide bonds. The third-order valence-corrected chi connectivity index (χ3v) is 3.90. The number of rotatable bonds is 4. The zero-order valence-corrected chi connectivity index (χ0v) is 13.5. The average molecular weight is 351 g/mol. The highest BCUT2D eigenvalue weighted by Gasteiger charge is 2.42. The van der Waals surface area contributed by atoms with E-state index in [1.165, 1.54) is 19.2 Å². The Bertz CT molecular complexity index is 798. The maximum Gasteiger partial charge on any atom is 0.386 e. The number of carbonyl (C=O) groups excluding carboxylic acids is 1. The molecule has 0 saturated carbocycles. The molecule has 6 nitrogen and oxygen atoms in total. The van der Waals surface area contributed by atoms with Crippen molar-refractivity contribution >= 4 is 23.3 Å². The molecule has 3 rings (SSSR count). The lowest BCUT2D eigenvalue weighted by Crippen LogP contribution is -2.30. The van der Waals surface area contributed by atoms with Crippen molar-refractivity contribution in [3.8, 4) is 5.75 Å². The summed E-state index contributed by atoms with van der Waals surface area (Å²) >= 11 is 5.81. The van der Waals surface area contributed by atoms with Crippen LogP contribution in [0.3, 0.4) is 0 Å². The molecule has 1 heterocycles. The Morgan fingerprint density at radius 3 is 2.58 bits per heavy atom. The molecule has 24 heavy (non-hydrogen) atoms. The Balaban J connectivity index is 1.80. The Kier molecular flexibility index (Phi) is 4.35. The van der Waals surface area contributed by atoms with Gasteiger partial charge < -0.3 is 4.74 Å². The van der Waals surface area contributed by atoms with Gasteiger partial charge in [0.15, 0.2) is 11.6 Å². The van der Waals surface area contributed by atoms with E-state index in [0.29, 0.717) is 9.89 Å². The van der Waals surface area contributed by atoms with Crippen LogP contribution in [0.1, 0.15) is 5.56 Å².